The van der Waals surface area contributed by atoms with Crippen molar-refractivity contribution in [3.63, 3.8) is 0 Å². The molecule has 4 rings (SSSR count). The number of hydrogen-bond donors (Lipinski definition) is 2. The van der Waals surface area contributed by atoms with Gasteiger partial charge in [0.1, 0.15) is 0 Å². The summed E-state index contributed by atoms with van der Waals surface area (Å²) in [6, 6.07) is 5.86. The zero-order valence-electron chi connectivity index (χ0n) is 23.7. The first kappa shape index (κ1) is 32.6. The Labute approximate surface area is 257 Å². The Hall–Kier alpha value is -4.30. The lowest BCUT2D eigenvalue weighted by atomic mass is 10.1. The number of hydrogen-bond acceptors (Lipinski definition) is 10. The van der Waals surface area contributed by atoms with Crippen molar-refractivity contribution in [1.29, 1.82) is 0 Å². The number of unbranched alkanes of at least 4 members (excludes halogenated alkanes) is 1. The van der Waals surface area contributed by atoms with Crippen LogP contribution in [0.15, 0.2) is 24.3 Å². The topological polar surface area (TPSA) is 146 Å². The summed E-state index contributed by atoms with van der Waals surface area (Å²) >= 11 is 2.08. The number of ketones is 2. The predicted molar refractivity (Wildman–Crippen MR) is 159 cm³/mol. The van der Waals surface area contributed by atoms with Crippen LogP contribution in [-0.4, -0.2) is 61.2 Å². The molecular weight excluding hydrogens is 622 g/mol. The van der Waals surface area contributed by atoms with Crippen LogP contribution in [-0.2, 0) is 9.59 Å². The lowest BCUT2D eigenvalue weighted by Gasteiger charge is -2.14. The number of thiophene rings is 2. The Balaban J connectivity index is 1.38. The number of aliphatic carboxylic acids is 2. The van der Waals surface area contributed by atoms with Crippen LogP contribution in [0.2, 0.25) is 0 Å². The maximum Gasteiger partial charge on any atom is 0.303 e. The van der Waals surface area contributed by atoms with E-state index in [-0.39, 0.29) is 82.4 Å². The Morgan fingerprint density at radius 3 is 1.39 bits per heavy atom. The molecule has 0 aliphatic heterocycles. The monoisotopic (exact) mass is 650 g/mol. The van der Waals surface area contributed by atoms with Crippen molar-refractivity contribution in [1.82, 2.24) is 0 Å². The summed E-state index contributed by atoms with van der Waals surface area (Å²) < 4.78 is 53.5. The first-order valence-corrected chi connectivity index (χ1v) is 15.0. The minimum Gasteiger partial charge on any atom is -0.493 e. The van der Waals surface area contributed by atoms with Crippen LogP contribution in [0.1, 0.15) is 57.9 Å². The van der Waals surface area contributed by atoms with E-state index in [0.717, 1.165) is 22.7 Å². The van der Waals surface area contributed by atoms with Gasteiger partial charge in [-0.15, -0.1) is 22.7 Å². The minimum absolute atomic E-state index is 0.0711. The van der Waals surface area contributed by atoms with Gasteiger partial charge in [0.2, 0.25) is 0 Å². The number of methoxy groups -OCH3 is 2. The molecule has 4 aromatic rings. The molecule has 0 atom stereocenters. The molecular formula is C30H28F2O10S2. The van der Waals surface area contributed by atoms with E-state index in [0.29, 0.717) is 22.2 Å². The zero-order chi connectivity index (χ0) is 32.0. The molecule has 10 nitrogen and oxygen atoms in total. The minimum atomic E-state index is -1.10. The number of halogens is 2. The molecule has 0 radical (unpaired) electrons. The van der Waals surface area contributed by atoms with Crippen molar-refractivity contribution >= 4 is 66.4 Å². The van der Waals surface area contributed by atoms with Crippen molar-refractivity contribution < 1.29 is 57.1 Å². The van der Waals surface area contributed by atoms with E-state index >= 15 is 8.78 Å². The van der Waals surface area contributed by atoms with E-state index in [1.807, 2.05) is 0 Å². The molecule has 0 saturated carbocycles. The highest BCUT2D eigenvalue weighted by Crippen LogP contribution is 2.42. The molecule has 0 unspecified atom stereocenters. The van der Waals surface area contributed by atoms with Gasteiger partial charge >= 0.3 is 11.9 Å². The van der Waals surface area contributed by atoms with Crippen LogP contribution in [0.3, 0.4) is 0 Å². The van der Waals surface area contributed by atoms with Crippen molar-refractivity contribution in [2.24, 2.45) is 0 Å². The first-order valence-electron chi connectivity index (χ1n) is 13.4. The summed E-state index contributed by atoms with van der Waals surface area (Å²) in [5, 5.41) is 17.9. The third-order valence-electron chi connectivity index (χ3n) is 6.52. The molecule has 0 saturated heterocycles. The molecule has 0 aliphatic carbocycles. The van der Waals surface area contributed by atoms with Gasteiger partial charge < -0.3 is 29.2 Å². The summed E-state index contributed by atoms with van der Waals surface area (Å²) in [6.45, 7) is 0.142. The largest absolute Gasteiger partial charge is 0.493 e. The van der Waals surface area contributed by atoms with Crippen LogP contribution >= 0.6 is 22.7 Å². The maximum absolute atomic E-state index is 15.4. The summed E-state index contributed by atoms with van der Waals surface area (Å²) in [7, 11) is 2.71. The highest BCUT2D eigenvalue weighted by atomic mass is 32.1. The molecule has 2 aromatic heterocycles. The quantitative estimate of drug-likeness (QED) is 0.0930. The number of fused-ring (bicyclic) bond motifs is 2. The molecule has 234 valence electrons. The van der Waals surface area contributed by atoms with Gasteiger partial charge in [0.25, 0.3) is 0 Å². The fourth-order valence-electron chi connectivity index (χ4n) is 4.28. The third-order valence-corrected chi connectivity index (χ3v) is 8.76. The summed E-state index contributed by atoms with van der Waals surface area (Å²) in [4.78, 5) is 46.7. The Bertz CT molecular complexity index is 1600. The molecule has 14 heteroatoms. The lowest BCUT2D eigenvalue weighted by molar-refractivity contribution is -0.137. The number of carbonyl (C=O) groups is 4. The van der Waals surface area contributed by atoms with Crippen LogP contribution in [0.25, 0.3) is 20.2 Å². The van der Waals surface area contributed by atoms with Gasteiger partial charge in [-0.3, -0.25) is 19.2 Å². The van der Waals surface area contributed by atoms with Crippen molar-refractivity contribution in [2.75, 3.05) is 27.4 Å². The molecule has 0 aliphatic rings. The molecule has 2 heterocycles. The van der Waals surface area contributed by atoms with Crippen molar-refractivity contribution in [2.45, 2.75) is 38.5 Å². The van der Waals surface area contributed by atoms with Gasteiger partial charge in [-0.25, -0.2) is 8.78 Å². The number of Topliss-reactive ketones (excluding diaryl/α,β-unsaturated/α-hetero) is 2. The number of carboxylic acids is 2. The van der Waals surface area contributed by atoms with Crippen LogP contribution in [0.4, 0.5) is 8.78 Å². The first-order chi connectivity index (χ1) is 21.0. The van der Waals surface area contributed by atoms with Gasteiger partial charge in [-0.2, -0.15) is 0 Å². The Kier molecular flexibility index (Phi) is 10.7. The highest BCUT2D eigenvalue weighted by Gasteiger charge is 2.22. The van der Waals surface area contributed by atoms with Crippen LogP contribution in [0.5, 0.6) is 23.0 Å². The fourth-order valence-corrected chi connectivity index (χ4v) is 6.39. The number of carbonyl (C=O) groups excluding carboxylic acids is 2. The molecule has 0 amide bonds. The van der Waals surface area contributed by atoms with Crippen molar-refractivity contribution in [3.05, 3.63) is 45.7 Å². The van der Waals surface area contributed by atoms with Crippen molar-refractivity contribution in [3.8, 4) is 23.0 Å². The lowest BCUT2D eigenvalue weighted by Crippen LogP contribution is -2.06. The van der Waals surface area contributed by atoms with E-state index in [1.165, 1.54) is 26.4 Å². The second-order valence-electron chi connectivity index (χ2n) is 9.53. The second-order valence-corrected chi connectivity index (χ2v) is 11.7. The molecule has 0 bridgehead atoms. The standard InChI is InChI=1S/C30H28F2O10S2/c1-39-19-13-21-15(11-23(43-21)17(33)5-7-25(35)36)27(31)29(19)41-9-3-4-10-42-30-20(40-2)14-22-16(28(30)32)12-24(44-22)18(34)6-8-26(37)38/h11-14H,3-10H2,1-2H3,(H,35,36)(H,37,38). The van der Waals surface area contributed by atoms with Gasteiger partial charge in [0.15, 0.2) is 46.2 Å². The van der Waals surface area contributed by atoms with Gasteiger partial charge in [-0.1, -0.05) is 0 Å². The number of carboxylic acid groups (broad SMARTS) is 2. The molecule has 0 spiro atoms. The van der Waals surface area contributed by atoms with E-state index in [1.54, 1.807) is 12.1 Å². The van der Waals surface area contributed by atoms with E-state index in [4.69, 9.17) is 29.2 Å². The van der Waals surface area contributed by atoms with Gasteiger partial charge in [0.05, 0.1) is 50.0 Å². The third kappa shape index (κ3) is 7.42. The van der Waals surface area contributed by atoms with E-state index in [9.17, 15) is 19.2 Å². The maximum atomic E-state index is 15.4. The number of benzene rings is 2. The SMILES string of the molecule is COc1cc2sc(C(=O)CCC(=O)O)cc2c(F)c1OCCCCOc1c(OC)cc2sc(C(=O)CCC(=O)O)cc2c1F. The average Bonchev–Trinajstić information content (AvgIpc) is 3.63. The molecule has 2 N–H and O–H groups in total. The predicted octanol–water partition coefficient (Wildman–Crippen LogP) is 6.74. The second kappa shape index (κ2) is 14.4. The summed E-state index contributed by atoms with van der Waals surface area (Å²) in [6.07, 6.45) is -0.239. The highest BCUT2D eigenvalue weighted by molar-refractivity contribution is 7.21. The molecule has 44 heavy (non-hydrogen) atoms. The Morgan fingerprint density at radius 1 is 0.659 bits per heavy atom. The average molecular weight is 651 g/mol. The molecule has 2 aromatic carbocycles. The zero-order valence-corrected chi connectivity index (χ0v) is 25.3. The number of ether oxygens (including phenoxy) is 4. The van der Waals surface area contributed by atoms with Gasteiger partial charge in [0, 0.05) is 45.1 Å². The Morgan fingerprint density at radius 2 is 1.05 bits per heavy atom. The van der Waals surface area contributed by atoms with Crippen LogP contribution in [0, 0.1) is 11.6 Å². The summed E-state index contributed by atoms with van der Waals surface area (Å²) in [5.74, 6) is -4.40. The normalized spacial score (nSPS) is 11.1. The number of rotatable bonds is 17. The van der Waals surface area contributed by atoms with E-state index in [2.05, 4.69) is 0 Å². The molecule has 0 fully saturated rings. The van der Waals surface area contributed by atoms with Gasteiger partial charge in [-0.05, 0) is 25.0 Å². The van der Waals surface area contributed by atoms with E-state index < -0.39 is 35.1 Å². The smallest absolute Gasteiger partial charge is 0.303 e. The summed E-state index contributed by atoms with van der Waals surface area (Å²) in [5.41, 5.74) is 0. The van der Waals surface area contributed by atoms with Crippen LogP contribution < -0.4 is 18.9 Å². The fraction of sp³-hybridized carbons (Fsp3) is 0.333.